The quantitative estimate of drug-likeness (QED) is 0.843. The van der Waals surface area contributed by atoms with Gasteiger partial charge in [0.05, 0.1) is 6.61 Å². The Morgan fingerprint density at radius 1 is 1.05 bits per heavy atom. The summed E-state index contributed by atoms with van der Waals surface area (Å²) in [7, 11) is 0. The van der Waals surface area contributed by atoms with Crippen LogP contribution in [0.3, 0.4) is 0 Å². The van der Waals surface area contributed by atoms with E-state index >= 15 is 0 Å². The third-order valence-corrected chi connectivity index (χ3v) is 2.93. The lowest BCUT2D eigenvalue weighted by Crippen LogP contribution is -1.99. The zero-order valence-electron chi connectivity index (χ0n) is 10.7. The molecule has 0 aliphatic heterocycles. The SMILES string of the molecule is CCOc1cc(N)cc(OCc2ccccc2Cl)c1. The summed E-state index contributed by atoms with van der Waals surface area (Å²) in [6, 6.07) is 12.9. The van der Waals surface area contributed by atoms with Gasteiger partial charge in [0.25, 0.3) is 0 Å². The highest BCUT2D eigenvalue weighted by Crippen LogP contribution is 2.26. The highest BCUT2D eigenvalue weighted by Gasteiger charge is 2.03. The summed E-state index contributed by atoms with van der Waals surface area (Å²) in [6.07, 6.45) is 0. The number of ether oxygens (including phenoxy) is 2. The van der Waals surface area contributed by atoms with Gasteiger partial charge in [-0.3, -0.25) is 0 Å². The number of anilines is 1. The van der Waals surface area contributed by atoms with Crippen LogP contribution in [0.25, 0.3) is 0 Å². The molecule has 0 radical (unpaired) electrons. The smallest absolute Gasteiger partial charge is 0.125 e. The van der Waals surface area contributed by atoms with Crippen molar-refractivity contribution in [3.05, 3.63) is 53.1 Å². The van der Waals surface area contributed by atoms with Crippen LogP contribution in [0.1, 0.15) is 12.5 Å². The van der Waals surface area contributed by atoms with E-state index < -0.39 is 0 Å². The number of benzene rings is 2. The molecule has 3 nitrogen and oxygen atoms in total. The number of hydrogen-bond donors (Lipinski definition) is 1. The standard InChI is InChI=1S/C15H16ClNO2/c1-2-18-13-7-12(17)8-14(9-13)19-10-11-5-3-4-6-15(11)16/h3-9H,2,10,17H2,1H3. The topological polar surface area (TPSA) is 44.5 Å². The first-order chi connectivity index (χ1) is 9.19. The van der Waals surface area contributed by atoms with Crippen LogP contribution < -0.4 is 15.2 Å². The van der Waals surface area contributed by atoms with E-state index in [-0.39, 0.29) is 0 Å². The molecule has 2 rings (SSSR count). The second kappa shape index (κ2) is 6.34. The lowest BCUT2D eigenvalue weighted by molar-refractivity contribution is 0.300. The first kappa shape index (κ1) is 13.6. The van der Waals surface area contributed by atoms with Gasteiger partial charge < -0.3 is 15.2 Å². The predicted octanol–water partition coefficient (Wildman–Crippen LogP) is 3.90. The van der Waals surface area contributed by atoms with Crippen LogP contribution in [0.2, 0.25) is 5.02 Å². The van der Waals surface area contributed by atoms with Gasteiger partial charge in [0.15, 0.2) is 0 Å². The number of nitrogen functional groups attached to an aromatic ring is 1. The van der Waals surface area contributed by atoms with Crippen molar-refractivity contribution in [2.75, 3.05) is 12.3 Å². The molecule has 100 valence electrons. The van der Waals surface area contributed by atoms with Crippen molar-refractivity contribution in [1.29, 1.82) is 0 Å². The Hall–Kier alpha value is -1.87. The summed E-state index contributed by atoms with van der Waals surface area (Å²) in [5, 5.41) is 0.691. The maximum atomic E-state index is 6.07. The average molecular weight is 278 g/mol. The predicted molar refractivity (Wildman–Crippen MR) is 77.8 cm³/mol. The summed E-state index contributed by atoms with van der Waals surface area (Å²) in [5.41, 5.74) is 7.35. The third-order valence-electron chi connectivity index (χ3n) is 2.57. The normalized spacial score (nSPS) is 10.2. The summed E-state index contributed by atoms with van der Waals surface area (Å²) >= 11 is 6.07. The van der Waals surface area contributed by atoms with Gasteiger partial charge in [-0.1, -0.05) is 29.8 Å². The van der Waals surface area contributed by atoms with Gasteiger partial charge in [-0.2, -0.15) is 0 Å². The average Bonchev–Trinajstić information content (AvgIpc) is 2.37. The molecule has 2 aromatic rings. The summed E-state index contributed by atoms with van der Waals surface area (Å²) in [6.45, 7) is 2.91. The Balaban J connectivity index is 2.09. The van der Waals surface area contributed by atoms with E-state index in [4.69, 9.17) is 26.8 Å². The third kappa shape index (κ3) is 3.80. The Morgan fingerprint density at radius 2 is 1.74 bits per heavy atom. The van der Waals surface area contributed by atoms with E-state index in [1.807, 2.05) is 37.3 Å². The molecule has 0 saturated heterocycles. The van der Waals surface area contributed by atoms with Crippen LogP contribution in [-0.2, 0) is 6.61 Å². The van der Waals surface area contributed by atoms with Gasteiger partial charge in [0, 0.05) is 34.5 Å². The van der Waals surface area contributed by atoms with Crippen molar-refractivity contribution in [3.63, 3.8) is 0 Å². The molecule has 0 aliphatic rings. The molecule has 0 aliphatic carbocycles. The molecule has 0 spiro atoms. The zero-order chi connectivity index (χ0) is 13.7. The Morgan fingerprint density at radius 3 is 2.42 bits per heavy atom. The Labute approximate surface area is 117 Å². The Kier molecular flexibility index (Phi) is 4.53. The minimum absolute atomic E-state index is 0.398. The number of halogens is 1. The molecule has 19 heavy (non-hydrogen) atoms. The molecular weight excluding hydrogens is 262 g/mol. The van der Waals surface area contributed by atoms with E-state index in [0.717, 1.165) is 5.56 Å². The molecule has 2 aromatic carbocycles. The lowest BCUT2D eigenvalue weighted by Gasteiger charge is -2.10. The highest BCUT2D eigenvalue weighted by atomic mass is 35.5. The summed E-state index contributed by atoms with van der Waals surface area (Å²) < 4.78 is 11.1. The van der Waals surface area contributed by atoms with Crippen LogP contribution >= 0.6 is 11.6 Å². The number of nitrogens with two attached hydrogens (primary N) is 1. The van der Waals surface area contributed by atoms with Crippen molar-refractivity contribution in [3.8, 4) is 11.5 Å². The van der Waals surface area contributed by atoms with E-state index in [1.54, 1.807) is 12.1 Å². The molecule has 0 fully saturated rings. The molecule has 4 heteroatoms. The van der Waals surface area contributed by atoms with E-state index in [0.29, 0.717) is 35.4 Å². The maximum absolute atomic E-state index is 6.07. The van der Waals surface area contributed by atoms with Gasteiger partial charge in [0.2, 0.25) is 0 Å². The number of rotatable bonds is 5. The molecular formula is C15H16ClNO2. The van der Waals surface area contributed by atoms with Crippen molar-refractivity contribution in [2.24, 2.45) is 0 Å². The van der Waals surface area contributed by atoms with Crippen LogP contribution in [0.15, 0.2) is 42.5 Å². The molecule has 2 N–H and O–H groups in total. The van der Waals surface area contributed by atoms with Crippen molar-refractivity contribution < 1.29 is 9.47 Å². The van der Waals surface area contributed by atoms with Gasteiger partial charge >= 0.3 is 0 Å². The van der Waals surface area contributed by atoms with Crippen LogP contribution in [0, 0.1) is 0 Å². The second-order valence-corrected chi connectivity index (χ2v) is 4.46. The zero-order valence-corrected chi connectivity index (χ0v) is 11.5. The first-order valence-electron chi connectivity index (χ1n) is 6.08. The summed E-state index contributed by atoms with van der Waals surface area (Å²) in [5.74, 6) is 1.38. The van der Waals surface area contributed by atoms with E-state index in [1.165, 1.54) is 0 Å². The molecule has 0 heterocycles. The van der Waals surface area contributed by atoms with Gasteiger partial charge in [-0.15, -0.1) is 0 Å². The van der Waals surface area contributed by atoms with Crippen LogP contribution in [-0.4, -0.2) is 6.61 Å². The van der Waals surface area contributed by atoms with Gasteiger partial charge in [-0.05, 0) is 13.0 Å². The Bertz CT molecular complexity index is 558. The van der Waals surface area contributed by atoms with Crippen molar-refractivity contribution in [2.45, 2.75) is 13.5 Å². The fourth-order valence-corrected chi connectivity index (χ4v) is 1.89. The van der Waals surface area contributed by atoms with Crippen LogP contribution in [0.5, 0.6) is 11.5 Å². The molecule has 0 atom stereocenters. The van der Waals surface area contributed by atoms with E-state index in [2.05, 4.69) is 0 Å². The monoisotopic (exact) mass is 277 g/mol. The first-order valence-corrected chi connectivity index (χ1v) is 6.46. The molecule has 0 unspecified atom stereocenters. The summed E-state index contributed by atoms with van der Waals surface area (Å²) in [4.78, 5) is 0. The molecule has 0 aromatic heterocycles. The van der Waals surface area contributed by atoms with E-state index in [9.17, 15) is 0 Å². The van der Waals surface area contributed by atoms with Crippen LogP contribution in [0.4, 0.5) is 5.69 Å². The fourth-order valence-electron chi connectivity index (χ4n) is 1.70. The van der Waals surface area contributed by atoms with Crippen molar-refractivity contribution in [1.82, 2.24) is 0 Å². The maximum Gasteiger partial charge on any atom is 0.125 e. The minimum Gasteiger partial charge on any atom is -0.494 e. The van der Waals surface area contributed by atoms with Gasteiger partial charge in [0.1, 0.15) is 18.1 Å². The highest BCUT2D eigenvalue weighted by molar-refractivity contribution is 6.31. The largest absolute Gasteiger partial charge is 0.494 e. The lowest BCUT2D eigenvalue weighted by atomic mass is 10.2. The second-order valence-electron chi connectivity index (χ2n) is 4.05. The molecule has 0 amide bonds. The molecule has 0 saturated carbocycles. The molecule has 0 bridgehead atoms. The minimum atomic E-state index is 0.398. The van der Waals surface area contributed by atoms with Crippen molar-refractivity contribution >= 4 is 17.3 Å². The van der Waals surface area contributed by atoms with Gasteiger partial charge in [-0.25, -0.2) is 0 Å². The fraction of sp³-hybridized carbons (Fsp3) is 0.200. The number of hydrogen-bond acceptors (Lipinski definition) is 3.